The number of aliphatic hydroxyl groups is 1. The molecule has 5 rings (SSSR count). The number of carbonyl (C=O) groups excluding carboxylic acids is 2. The largest absolute Gasteiger partial charge is 0.477 e. The molecule has 0 radical (unpaired) electrons. The molecule has 2 saturated heterocycles. The van der Waals surface area contributed by atoms with Crippen LogP contribution in [0.4, 0.5) is 0 Å². The van der Waals surface area contributed by atoms with Gasteiger partial charge in [0.1, 0.15) is 22.5 Å². The number of aromatic nitrogens is 2. The standard InChI is InChI=1S/C20H22N4O5S/c1-8-12(16(20(28)29)24-15(8)13(9(2)25)18(24)27)11-6-23-7-22-14(19(23)30-11)17(26)10-4-3-5-21-10/h6-10,13,15,21,25H,3-5H2,1-2H3,(H,28,29)/t8-,9+,10-,13+,15+/m0/s1. The molecular formula is C20H22N4O5S. The van der Waals surface area contributed by atoms with Crippen molar-refractivity contribution < 1.29 is 24.6 Å². The van der Waals surface area contributed by atoms with Crippen LogP contribution in [0.2, 0.25) is 0 Å². The topological polar surface area (TPSA) is 124 Å². The molecule has 0 aromatic carbocycles. The van der Waals surface area contributed by atoms with E-state index in [0.717, 1.165) is 19.4 Å². The Morgan fingerprint density at radius 2 is 2.17 bits per heavy atom. The average molecular weight is 430 g/mol. The molecule has 5 heterocycles. The summed E-state index contributed by atoms with van der Waals surface area (Å²) < 4.78 is 1.74. The lowest BCUT2D eigenvalue weighted by Crippen LogP contribution is -2.63. The lowest BCUT2D eigenvalue weighted by atomic mass is 9.77. The van der Waals surface area contributed by atoms with E-state index >= 15 is 0 Å². The van der Waals surface area contributed by atoms with E-state index in [1.54, 1.807) is 23.8 Å². The first-order valence-electron chi connectivity index (χ1n) is 10.0. The van der Waals surface area contributed by atoms with Gasteiger partial charge in [-0.15, -0.1) is 11.3 Å². The number of aliphatic hydroxyl groups excluding tert-OH is 1. The quantitative estimate of drug-likeness (QED) is 0.477. The third kappa shape index (κ3) is 2.53. The SMILES string of the molecule is C[C@@H](O)[C@H]1C(=O)N2C(C(=O)O)=C(c3cn4cnc(C(=O)[C@@H]5CCCN5)c4s3)[C@H](C)[C@H]12. The van der Waals surface area contributed by atoms with Crippen LogP contribution in [0.1, 0.15) is 42.1 Å². The number of fused-ring (bicyclic) bond motifs is 2. The highest BCUT2D eigenvalue weighted by Crippen LogP contribution is 2.51. The number of Topliss-reactive ketones (excluding diaryl/α,β-unsaturated/α-hetero) is 1. The van der Waals surface area contributed by atoms with Crippen LogP contribution in [-0.4, -0.2) is 66.9 Å². The number of thiazole rings is 1. The van der Waals surface area contributed by atoms with Gasteiger partial charge in [0, 0.05) is 17.7 Å². The Labute approximate surface area is 176 Å². The molecule has 5 atom stereocenters. The van der Waals surface area contributed by atoms with E-state index in [1.807, 2.05) is 6.92 Å². The van der Waals surface area contributed by atoms with Crippen molar-refractivity contribution in [2.45, 2.75) is 44.9 Å². The zero-order chi connectivity index (χ0) is 21.3. The number of amides is 1. The number of nitrogens with zero attached hydrogens (tertiary/aromatic N) is 3. The summed E-state index contributed by atoms with van der Waals surface area (Å²) in [5.74, 6) is -2.43. The highest BCUT2D eigenvalue weighted by molar-refractivity contribution is 7.18. The second kappa shape index (κ2) is 6.73. The van der Waals surface area contributed by atoms with Gasteiger partial charge in [0.2, 0.25) is 11.7 Å². The molecule has 30 heavy (non-hydrogen) atoms. The third-order valence-corrected chi connectivity index (χ3v) is 7.60. The summed E-state index contributed by atoms with van der Waals surface area (Å²) >= 11 is 1.31. The molecule has 0 saturated carbocycles. The van der Waals surface area contributed by atoms with E-state index in [4.69, 9.17) is 0 Å². The molecule has 2 aromatic heterocycles. The van der Waals surface area contributed by atoms with E-state index in [-0.39, 0.29) is 35.4 Å². The van der Waals surface area contributed by atoms with Crippen LogP contribution in [0.15, 0.2) is 18.2 Å². The van der Waals surface area contributed by atoms with E-state index < -0.39 is 18.0 Å². The van der Waals surface area contributed by atoms with Gasteiger partial charge in [-0.2, -0.15) is 0 Å². The Morgan fingerprint density at radius 1 is 1.40 bits per heavy atom. The van der Waals surface area contributed by atoms with Gasteiger partial charge in [-0.1, -0.05) is 6.92 Å². The van der Waals surface area contributed by atoms with Crippen LogP contribution < -0.4 is 5.32 Å². The molecule has 10 heteroatoms. The lowest BCUT2D eigenvalue weighted by molar-refractivity contribution is -0.163. The van der Waals surface area contributed by atoms with Crippen LogP contribution in [-0.2, 0) is 9.59 Å². The maximum absolute atomic E-state index is 12.8. The van der Waals surface area contributed by atoms with Gasteiger partial charge in [0.15, 0.2) is 0 Å². The molecule has 2 fully saturated rings. The Balaban J connectivity index is 1.57. The lowest BCUT2D eigenvalue weighted by Gasteiger charge is -2.46. The van der Waals surface area contributed by atoms with Crippen molar-refractivity contribution >= 4 is 39.4 Å². The number of nitrogens with one attached hydrogen (secondary N) is 1. The zero-order valence-electron chi connectivity index (χ0n) is 16.5. The number of rotatable bonds is 5. The van der Waals surface area contributed by atoms with Crippen LogP contribution >= 0.6 is 11.3 Å². The highest BCUT2D eigenvalue weighted by atomic mass is 32.1. The summed E-state index contributed by atoms with van der Waals surface area (Å²) in [7, 11) is 0. The summed E-state index contributed by atoms with van der Waals surface area (Å²) in [5.41, 5.74) is 0.919. The predicted molar refractivity (Wildman–Crippen MR) is 108 cm³/mol. The van der Waals surface area contributed by atoms with Crippen molar-refractivity contribution in [2.24, 2.45) is 11.8 Å². The first-order chi connectivity index (χ1) is 14.3. The Hall–Kier alpha value is -2.56. The number of hydrogen-bond donors (Lipinski definition) is 3. The summed E-state index contributed by atoms with van der Waals surface area (Å²) in [5, 5.41) is 23.0. The Bertz CT molecular complexity index is 1110. The smallest absolute Gasteiger partial charge is 0.352 e. The van der Waals surface area contributed by atoms with Crippen molar-refractivity contribution in [3.63, 3.8) is 0 Å². The zero-order valence-corrected chi connectivity index (χ0v) is 17.3. The Morgan fingerprint density at radius 3 is 2.80 bits per heavy atom. The minimum absolute atomic E-state index is 0.0304. The summed E-state index contributed by atoms with van der Waals surface area (Å²) in [4.78, 5) is 44.4. The van der Waals surface area contributed by atoms with Crippen LogP contribution in [0, 0.1) is 11.8 Å². The fourth-order valence-electron chi connectivity index (χ4n) is 5.06. The summed E-state index contributed by atoms with van der Waals surface area (Å²) in [6.45, 7) is 4.25. The maximum Gasteiger partial charge on any atom is 0.352 e. The van der Waals surface area contributed by atoms with E-state index in [9.17, 15) is 24.6 Å². The normalized spacial score (nSPS) is 29.4. The number of carboxylic acid groups (broad SMARTS) is 1. The molecule has 3 aliphatic rings. The fraction of sp³-hybridized carbons (Fsp3) is 0.500. The van der Waals surface area contributed by atoms with Crippen molar-refractivity contribution in [2.75, 3.05) is 6.54 Å². The Kier molecular flexibility index (Phi) is 4.35. The molecule has 2 aromatic rings. The number of ketones is 1. The molecule has 9 nitrogen and oxygen atoms in total. The predicted octanol–water partition coefficient (Wildman–Crippen LogP) is 0.984. The van der Waals surface area contributed by atoms with E-state index in [2.05, 4.69) is 10.3 Å². The second-order valence-corrected chi connectivity index (χ2v) is 9.27. The number of hydrogen-bond acceptors (Lipinski definition) is 7. The van der Waals surface area contributed by atoms with Gasteiger partial charge in [-0.05, 0) is 26.3 Å². The van der Waals surface area contributed by atoms with E-state index in [0.29, 0.717) is 21.0 Å². The highest BCUT2D eigenvalue weighted by Gasteiger charge is 2.60. The second-order valence-electron chi connectivity index (χ2n) is 8.24. The molecular weight excluding hydrogens is 408 g/mol. The van der Waals surface area contributed by atoms with Gasteiger partial charge in [0.25, 0.3) is 0 Å². The van der Waals surface area contributed by atoms with Crippen LogP contribution in [0.3, 0.4) is 0 Å². The minimum Gasteiger partial charge on any atom is -0.477 e. The van der Waals surface area contributed by atoms with Crippen molar-refractivity contribution in [1.82, 2.24) is 19.6 Å². The van der Waals surface area contributed by atoms with Crippen molar-refractivity contribution in [3.8, 4) is 0 Å². The van der Waals surface area contributed by atoms with Gasteiger partial charge >= 0.3 is 5.97 Å². The molecule has 0 spiro atoms. The minimum atomic E-state index is -1.17. The maximum atomic E-state index is 12.8. The van der Waals surface area contributed by atoms with Crippen molar-refractivity contribution in [3.05, 3.63) is 28.8 Å². The summed E-state index contributed by atoms with van der Waals surface area (Å²) in [6.07, 6.45) is 4.22. The summed E-state index contributed by atoms with van der Waals surface area (Å²) in [6, 6.07) is -0.609. The number of carboxylic acids is 1. The fourth-order valence-corrected chi connectivity index (χ4v) is 6.28. The number of carbonyl (C=O) groups is 3. The molecule has 0 unspecified atom stereocenters. The molecule has 0 bridgehead atoms. The first-order valence-corrected chi connectivity index (χ1v) is 10.9. The first kappa shape index (κ1) is 19.4. The number of β-lactam (4-membered cyclic amide) rings is 1. The molecule has 0 aliphatic carbocycles. The van der Waals surface area contributed by atoms with Gasteiger partial charge < -0.3 is 20.4 Å². The number of aliphatic carboxylic acids is 1. The monoisotopic (exact) mass is 430 g/mol. The van der Waals surface area contributed by atoms with Crippen LogP contribution in [0.25, 0.3) is 10.4 Å². The molecule has 1 amide bonds. The van der Waals surface area contributed by atoms with Gasteiger partial charge in [-0.3, -0.25) is 14.0 Å². The number of imidazole rings is 1. The molecule has 3 N–H and O–H groups in total. The third-order valence-electron chi connectivity index (χ3n) is 6.46. The average Bonchev–Trinajstić information content (AvgIpc) is 3.42. The van der Waals surface area contributed by atoms with E-state index in [1.165, 1.54) is 16.2 Å². The van der Waals surface area contributed by atoms with Crippen LogP contribution in [0.5, 0.6) is 0 Å². The van der Waals surface area contributed by atoms with Crippen molar-refractivity contribution in [1.29, 1.82) is 0 Å². The molecule has 3 aliphatic heterocycles. The van der Waals surface area contributed by atoms with Gasteiger partial charge in [0.05, 0.1) is 29.0 Å². The molecule has 158 valence electrons. The van der Waals surface area contributed by atoms with Gasteiger partial charge in [-0.25, -0.2) is 9.78 Å².